The second-order valence-electron chi connectivity index (χ2n) is 4.27. The Balaban J connectivity index is 2.31. The van der Waals surface area contributed by atoms with Crippen molar-refractivity contribution in [3.05, 3.63) is 29.8 Å². The highest BCUT2D eigenvalue weighted by atomic mass is 16.5. The van der Waals surface area contributed by atoms with Crippen molar-refractivity contribution >= 4 is 5.97 Å². The van der Waals surface area contributed by atoms with Gasteiger partial charge in [-0.1, -0.05) is 12.1 Å². The summed E-state index contributed by atoms with van der Waals surface area (Å²) >= 11 is 0. The van der Waals surface area contributed by atoms with Gasteiger partial charge >= 0.3 is 5.97 Å². The van der Waals surface area contributed by atoms with Crippen molar-refractivity contribution in [1.82, 2.24) is 4.90 Å². The van der Waals surface area contributed by atoms with Crippen molar-refractivity contribution in [1.29, 1.82) is 0 Å². The highest BCUT2D eigenvalue weighted by Gasteiger charge is 2.03. The summed E-state index contributed by atoms with van der Waals surface area (Å²) in [5.41, 5.74) is 1.24. The third-order valence-electron chi connectivity index (χ3n) is 2.72. The number of nitrogens with zero attached hydrogens (tertiary/aromatic N) is 1. The maximum Gasteiger partial charge on any atom is 0.304 e. The van der Waals surface area contributed by atoms with Crippen molar-refractivity contribution in [3.63, 3.8) is 0 Å². The SMILES string of the molecule is CCOc1ccc(CCN(C)CCC(=O)O)cc1. The number of rotatable bonds is 8. The molecule has 0 spiro atoms. The van der Waals surface area contributed by atoms with Crippen LogP contribution in [0.2, 0.25) is 0 Å². The second kappa shape index (κ2) is 7.71. The molecule has 0 fully saturated rings. The molecule has 0 atom stereocenters. The maximum absolute atomic E-state index is 10.4. The lowest BCUT2D eigenvalue weighted by Gasteiger charge is -2.15. The average molecular weight is 251 g/mol. The van der Waals surface area contributed by atoms with Gasteiger partial charge in [0.05, 0.1) is 13.0 Å². The smallest absolute Gasteiger partial charge is 0.304 e. The molecule has 0 aliphatic rings. The number of ether oxygens (including phenoxy) is 1. The molecule has 0 bridgehead atoms. The zero-order valence-corrected chi connectivity index (χ0v) is 11.1. The zero-order chi connectivity index (χ0) is 13.4. The largest absolute Gasteiger partial charge is 0.494 e. The van der Waals surface area contributed by atoms with Crippen LogP contribution in [0, 0.1) is 0 Å². The third-order valence-corrected chi connectivity index (χ3v) is 2.72. The van der Waals surface area contributed by atoms with Crippen LogP contribution in [0.15, 0.2) is 24.3 Å². The van der Waals surface area contributed by atoms with E-state index < -0.39 is 5.97 Å². The lowest BCUT2D eigenvalue weighted by molar-refractivity contribution is -0.137. The lowest BCUT2D eigenvalue weighted by Crippen LogP contribution is -2.24. The van der Waals surface area contributed by atoms with E-state index in [-0.39, 0.29) is 6.42 Å². The molecular weight excluding hydrogens is 230 g/mol. The lowest BCUT2D eigenvalue weighted by atomic mass is 10.1. The summed E-state index contributed by atoms with van der Waals surface area (Å²) < 4.78 is 5.38. The van der Waals surface area contributed by atoms with Crippen molar-refractivity contribution in [2.45, 2.75) is 19.8 Å². The summed E-state index contributed by atoms with van der Waals surface area (Å²) in [5.74, 6) is 0.142. The molecule has 0 radical (unpaired) electrons. The Hall–Kier alpha value is -1.55. The normalized spacial score (nSPS) is 10.6. The van der Waals surface area contributed by atoms with E-state index in [1.54, 1.807) is 0 Å². The molecule has 0 saturated carbocycles. The summed E-state index contributed by atoms with van der Waals surface area (Å²) in [7, 11) is 1.94. The van der Waals surface area contributed by atoms with Crippen molar-refractivity contribution < 1.29 is 14.6 Å². The van der Waals surface area contributed by atoms with Crippen LogP contribution in [0.25, 0.3) is 0 Å². The number of hydrogen-bond donors (Lipinski definition) is 1. The summed E-state index contributed by atoms with van der Waals surface area (Å²) in [5, 5.41) is 8.59. The molecule has 0 saturated heterocycles. The number of benzene rings is 1. The topological polar surface area (TPSA) is 49.8 Å². The van der Waals surface area contributed by atoms with E-state index in [1.807, 2.05) is 31.0 Å². The molecule has 0 unspecified atom stereocenters. The average Bonchev–Trinajstić information content (AvgIpc) is 2.36. The maximum atomic E-state index is 10.4. The van der Waals surface area contributed by atoms with Crippen LogP contribution in [0.1, 0.15) is 18.9 Å². The van der Waals surface area contributed by atoms with Gasteiger partial charge in [-0.05, 0) is 38.1 Å². The minimum atomic E-state index is -0.747. The van der Waals surface area contributed by atoms with Gasteiger partial charge in [0, 0.05) is 13.1 Å². The first-order valence-corrected chi connectivity index (χ1v) is 6.24. The molecule has 0 aromatic heterocycles. The highest BCUT2D eigenvalue weighted by Crippen LogP contribution is 2.12. The molecule has 0 aliphatic carbocycles. The van der Waals surface area contributed by atoms with Gasteiger partial charge < -0.3 is 14.7 Å². The van der Waals surface area contributed by atoms with E-state index in [1.165, 1.54) is 5.56 Å². The van der Waals surface area contributed by atoms with Crippen LogP contribution in [-0.4, -0.2) is 42.7 Å². The standard InChI is InChI=1S/C14H21NO3/c1-3-18-13-6-4-12(5-7-13)8-10-15(2)11-9-14(16)17/h4-7H,3,8-11H2,1-2H3,(H,16,17). The van der Waals surface area contributed by atoms with Gasteiger partial charge in [0.1, 0.15) is 5.75 Å². The van der Waals surface area contributed by atoms with Gasteiger partial charge in [-0.25, -0.2) is 0 Å². The van der Waals surface area contributed by atoms with E-state index >= 15 is 0 Å². The molecule has 0 heterocycles. The van der Waals surface area contributed by atoms with E-state index in [0.29, 0.717) is 13.2 Å². The van der Waals surface area contributed by atoms with Crippen LogP contribution >= 0.6 is 0 Å². The Morgan fingerprint density at radius 1 is 1.28 bits per heavy atom. The van der Waals surface area contributed by atoms with Crippen LogP contribution in [0.5, 0.6) is 5.75 Å². The molecule has 1 aromatic carbocycles. The van der Waals surface area contributed by atoms with Gasteiger partial charge in [0.2, 0.25) is 0 Å². The molecule has 0 amide bonds. The molecule has 1 N–H and O–H groups in total. The molecule has 100 valence electrons. The van der Waals surface area contributed by atoms with Gasteiger partial charge in [-0.3, -0.25) is 4.79 Å². The Bertz CT molecular complexity index is 362. The Labute approximate surface area is 108 Å². The monoisotopic (exact) mass is 251 g/mol. The predicted molar refractivity (Wildman–Crippen MR) is 71.1 cm³/mol. The minimum absolute atomic E-state index is 0.194. The van der Waals surface area contributed by atoms with Crippen LogP contribution in [0.4, 0.5) is 0 Å². The zero-order valence-electron chi connectivity index (χ0n) is 11.1. The van der Waals surface area contributed by atoms with Crippen LogP contribution < -0.4 is 4.74 Å². The molecule has 0 aliphatic heterocycles. The van der Waals surface area contributed by atoms with Crippen LogP contribution in [0.3, 0.4) is 0 Å². The van der Waals surface area contributed by atoms with E-state index in [4.69, 9.17) is 9.84 Å². The number of carboxylic acid groups (broad SMARTS) is 1. The predicted octanol–water partition coefficient (Wildman–Crippen LogP) is 2.03. The number of carboxylic acids is 1. The van der Waals surface area contributed by atoms with Crippen molar-refractivity contribution in [3.8, 4) is 5.75 Å². The number of hydrogen-bond acceptors (Lipinski definition) is 3. The fourth-order valence-electron chi connectivity index (χ4n) is 1.64. The van der Waals surface area contributed by atoms with Gasteiger partial charge in [-0.15, -0.1) is 0 Å². The van der Waals surface area contributed by atoms with E-state index in [2.05, 4.69) is 12.1 Å². The molecule has 4 heteroatoms. The Kier molecular flexibility index (Phi) is 6.22. The Morgan fingerprint density at radius 2 is 1.94 bits per heavy atom. The fourth-order valence-corrected chi connectivity index (χ4v) is 1.64. The fraction of sp³-hybridized carbons (Fsp3) is 0.500. The molecule has 18 heavy (non-hydrogen) atoms. The molecule has 1 rings (SSSR count). The first kappa shape index (κ1) is 14.5. The molecular formula is C14H21NO3. The van der Waals surface area contributed by atoms with Crippen molar-refractivity contribution in [2.24, 2.45) is 0 Å². The van der Waals surface area contributed by atoms with Gasteiger partial charge in [0.15, 0.2) is 0 Å². The van der Waals surface area contributed by atoms with Crippen molar-refractivity contribution in [2.75, 3.05) is 26.7 Å². The quantitative estimate of drug-likeness (QED) is 0.768. The summed E-state index contributed by atoms with van der Waals surface area (Å²) in [6, 6.07) is 8.04. The van der Waals surface area contributed by atoms with Gasteiger partial charge in [-0.2, -0.15) is 0 Å². The van der Waals surface area contributed by atoms with Crippen LogP contribution in [-0.2, 0) is 11.2 Å². The minimum Gasteiger partial charge on any atom is -0.494 e. The van der Waals surface area contributed by atoms with E-state index in [0.717, 1.165) is 18.7 Å². The molecule has 4 nitrogen and oxygen atoms in total. The van der Waals surface area contributed by atoms with Gasteiger partial charge in [0.25, 0.3) is 0 Å². The third kappa shape index (κ3) is 5.68. The molecule has 1 aromatic rings. The summed E-state index contributed by atoms with van der Waals surface area (Å²) in [6.07, 6.45) is 1.11. The number of carbonyl (C=O) groups is 1. The number of likely N-dealkylation sites (N-methyl/N-ethyl adjacent to an activating group) is 1. The number of aliphatic carboxylic acids is 1. The first-order chi connectivity index (χ1) is 8.61. The summed E-state index contributed by atoms with van der Waals surface area (Å²) in [6.45, 7) is 4.09. The van der Waals surface area contributed by atoms with E-state index in [9.17, 15) is 4.79 Å². The highest BCUT2D eigenvalue weighted by molar-refractivity contribution is 5.66. The Morgan fingerprint density at radius 3 is 2.50 bits per heavy atom. The second-order valence-corrected chi connectivity index (χ2v) is 4.27. The first-order valence-electron chi connectivity index (χ1n) is 6.24. The summed E-state index contributed by atoms with van der Waals surface area (Å²) in [4.78, 5) is 12.5.